The number of hydrogen-bond acceptors (Lipinski definition) is 2. The Morgan fingerprint density at radius 1 is 1.71 bits per heavy atom. The van der Waals surface area contributed by atoms with Gasteiger partial charge in [-0.1, -0.05) is 0 Å². The van der Waals surface area contributed by atoms with Crippen molar-refractivity contribution in [1.29, 1.82) is 0 Å². The van der Waals surface area contributed by atoms with Crippen LogP contribution in [0.25, 0.3) is 0 Å². The molecule has 0 saturated heterocycles. The van der Waals surface area contributed by atoms with Crippen LogP contribution in [-0.2, 0) is 6.54 Å². The highest BCUT2D eigenvalue weighted by molar-refractivity contribution is 5.92. The minimum atomic E-state index is -0.0604. The quantitative estimate of drug-likeness (QED) is 0.738. The lowest BCUT2D eigenvalue weighted by molar-refractivity contribution is 0.0932. The van der Waals surface area contributed by atoms with Crippen molar-refractivity contribution in [2.45, 2.75) is 26.4 Å². The van der Waals surface area contributed by atoms with Gasteiger partial charge in [-0.15, -0.1) is 0 Å². The first kappa shape index (κ1) is 10.8. The first-order valence-electron chi connectivity index (χ1n) is 4.85. The largest absolute Gasteiger partial charge is 0.347 e. The topological polar surface area (TPSA) is 60.0 Å². The Bertz CT molecular complexity index is 306. The fourth-order valence-electron chi connectivity index (χ4n) is 1.25. The molecule has 1 rings (SSSR count). The van der Waals surface area contributed by atoms with E-state index in [9.17, 15) is 4.79 Å². The van der Waals surface area contributed by atoms with Crippen LogP contribution in [0.4, 0.5) is 0 Å². The van der Waals surface area contributed by atoms with Gasteiger partial charge in [0, 0.05) is 25.3 Å². The molecule has 14 heavy (non-hydrogen) atoms. The number of carbonyl (C=O) groups is 1. The third-order valence-electron chi connectivity index (χ3n) is 2.13. The molecule has 0 radical (unpaired) electrons. The van der Waals surface area contributed by atoms with Gasteiger partial charge in [-0.05, 0) is 26.0 Å². The molecule has 0 bridgehead atoms. The Kier molecular flexibility index (Phi) is 3.71. The van der Waals surface area contributed by atoms with Gasteiger partial charge < -0.3 is 15.6 Å². The molecule has 0 unspecified atom stereocenters. The predicted octanol–water partition coefficient (Wildman–Crippen LogP) is 0.585. The van der Waals surface area contributed by atoms with Crippen LogP contribution in [0.1, 0.15) is 24.3 Å². The second-order valence-corrected chi connectivity index (χ2v) is 3.29. The van der Waals surface area contributed by atoms with Crippen molar-refractivity contribution in [3.63, 3.8) is 0 Å². The molecule has 1 atom stereocenters. The number of nitrogens with one attached hydrogen (secondary N) is 1. The molecule has 4 heteroatoms. The van der Waals surface area contributed by atoms with Gasteiger partial charge in [0.15, 0.2) is 0 Å². The van der Waals surface area contributed by atoms with Gasteiger partial charge in [-0.2, -0.15) is 0 Å². The van der Waals surface area contributed by atoms with Crippen LogP contribution in [0.5, 0.6) is 0 Å². The summed E-state index contributed by atoms with van der Waals surface area (Å²) < 4.78 is 1.90. The SMILES string of the molecule is CCn1cccc1C(=O)N[C@H](C)CN. The van der Waals surface area contributed by atoms with E-state index in [2.05, 4.69) is 5.32 Å². The first-order chi connectivity index (χ1) is 6.69. The van der Waals surface area contributed by atoms with Gasteiger partial charge in [-0.3, -0.25) is 4.79 Å². The summed E-state index contributed by atoms with van der Waals surface area (Å²) in [5, 5.41) is 2.82. The number of amides is 1. The zero-order valence-corrected chi connectivity index (χ0v) is 8.66. The van der Waals surface area contributed by atoms with Gasteiger partial charge in [0.2, 0.25) is 0 Å². The van der Waals surface area contributed by atoms with Crippen molar-refractivity contribution in [1.82, 2.24) is 9.88 Å². The number of rotatable bonds is 4. The van der Waals surface area contributed by atoms with Gasteiger partial charge in [0.05, 0.1) is 0 Å². The Hall–Kier alpha value is -1.29. The Morgan fingerprint density at radius 2 is 2.43 bits per heavy atom. The minimum Gasteiger partial charge on any atom is -0.347 e. The molecule has 0 aromatic carbocycles. The molecule has 0 aliphatic carbocycles. The van der Waals surface area contributed by atoms with Gasteiger partial charge in [0.25, 0.3) is 5.91 Å². The smallest absolute Gasteiger partial charge is 0.268 e. The molecule has 1 amide bonds. The summed E-state index contributed by atoms with van der Waals surface area (Å²) in [5.74, 6) is -0.0604. The molecule has 1 heterocycles. The molecule has 78 valence electrons. The summed E-state index contributed by atoms with van der Waals surface area (Å²) in [6.07, 6.45) is 1.89. The summed E-state index contributed by atoms with van der Waals surface area (Å²) in [6, 6.07) is 3.69. The zero-order chi connectivity index (χ0) is 10.6. The lowest BCUT2D eigenvalue weighted by atomic mass is 10.3. The molecule has 3 N–H and O–H groups in total. The normalized spacial score (nSPS) is 12.5. The number of carbonyl (C=O) groups excluding carboxylic acids is 1. The van der Waals surface area contributed by atoms with E-state index in [1.165, 1.54) is 0 Å². The third-order valence-corrected chi connectivity index (χ3v) is 2.13. The Balaban J connectivity index is 2.69. The average Bonchev–Trinajstić information content (AvgIpc) is 2.65. The van der Waals surface area contributed by atoms with Crippen molar-refractivity contribution in [3.05, 3.63) is 24.0 Å². The molecule has 0 aliphatic rings. The van der Waals surface area contributed by atoms with Crippen LogP contribution in [-0.4, -0.2) is 23.1 Å². The maximum Gasteiger partial charge on any atom is 0.268 e. The van der Waals surface area contributed by atoms with Crippen LogP contribution in [0.2, 0.25) is 0 Å². The number of aromatic nitrogens is 1. The number of nitrogens with zero attached hydrogens (tertiary/aromatic N) is 1. The van der Waals surface area contributed by atoms with Crippen molar-refractivity contribution >= 4 is 5.91 Å². The Morgan fingerprint density at radius 3 is 3.00 bits per heavy atom. The van der Waals surface area contributed by atoms with Crippen molar-refractivity contribution in [2.24, 2.45) is 5.73 Å². The van der Waals surface area contributed by atoms with E-state index < -0.39 is 0 Å². The highest BCUT2D eigenvalue weighted by Crippen LogP contribution is 2.02. The molecular weight excluding hydrogens is 178 g/mol. The maximum atomic E-state index is 11.7. The van der Waals surface area contributed by atoms with Gasteiger partial charge in [-0.25, -0.2) is 0 Å². The van der Waals surface area contributed by atoms with Crippen LogP contribution >= 0.6 is 0 Å². The fraction of sp³-hybridized carbons (Fsp3) is 0.500. The van der Waals surface area contributed by atoms with E-state index in [0.717, 1.165) is 6.54 Å². The summed E-state index contributed by atoms with van der Waals surface area (Å²) in [5.41, 5.74) is 6.11. The van der Waals surface area contributed by atoms with E-state index in [4.69, 9.17) is 5.73 Å². The molecule has 0 saturated carbocycles. The van der Waals surface area contributed by atoms with Gasteiger partial charge in [0.1, 0.15) is 5.69 Å². The molecule has 0 spiro atoms. The van der Waals surface area contributed by atoms with Crippen molar-refractivity contribution in [2.75, 3.05) is 6.54 Å². The van der Waals surface area contributed by atoms with Crippen molar-refractivity contribution < 1.29 is 4.79 Å². The molecule has 0 aliphatic heterocycles. The van der Waals surface area contributed by atoms with Gasteiger partial charge >= 0.3 is 0 Å². The molecule has 0 fully saturated rings. The van der Waals surface area contributed by atoms with Crippen LogP contribution in [0.3, 0.4) is 0 Å². The van der Waals surface area contributed by atoms with E-state index in [0.29, 0.717) is 12.2 Å². The molecule has 4 nitrogen and oxygen atoms in total. The van der Waals surface area contributed by atoms with E-state index in [1.54, 1.807) is 0 Å². The monoisotopic (exact) mass is 195 g/mol. The third kappa shape index (κ3) is 2.35. The highest BCUT2D eigenvalue weighted by Gasteiger charge is 2.11. The number of aryl methyl sites for hydroxylation is 1. The fourth-order valence-corrected chi connectivity index (χ4v) is 1.25. The van der Waals surface area contributed by atoms with Crippen LogP contribution in [0, 0.1) is 0 Å². The summed E-state index contributed by atoms with van der Waals surface area (Å²) in [7, 11) is 0. The predicted molar refractivity (Wildman–Crippen MR) is 56.1 cm³/mol. The van der Waals surface area contributed by atoms with Crippen LogP contribution < -0.4 is 11.1 Å². The first-order valence-corrected chi connectivity index (χ1v) is 4.85. The Labute approximate surface area is 84.1 Å². The second kappa shape index (κ2) is 4.81. The zero-order valence-electron chi connectivity index (χ0n) is 8.66. The molecule has 1 aromatic heterocycles. The number of nitrogens with two attached hydrogens (primary N) is 1. The standard InChI is InChI=1S/C10H17N3O/c1-3-13-6-4-5-9(13)10(14)12-8(2)7-11/h4-6,8H,3,7,11H2,1-2H3,(H,12,14)/t8-/m1/s1. The van der Waals surface area contributed by atoms with Crippen molar-refractivity contribution in [3.8, 4) is 0 Å². The minimum absolute atomic E-state index is 0.0164. The van der Waals surface area contributed by atoms with Crippen LogP contribution in [0.15, 0.2) is 18.3 Å². The average molecular weight is 195 g/mol. The van der Waals surface area contributed by atoms with E-state index in [1.807, 2.05) is 36.7 Å². The maximum absolute atomic E-state index is 11.7. The van der Waals surface area contributed by atoms with E-state index >= 15 is 0 Å². The lowest BCUT2D eigenvalue weighted by Gasteiger charge is -2.12. The van der Waals surface area contributed by atoms with E-state index in [-0.39, 0.29) is 11.9 Å². The number of hydrogen-bond donors (Lipinski definition) is 2. The highest BCUT2D eigenvalue weighted by atomic mass is 16.2. The summed E-state index contributed by atoms with van der Waals surface area (Å²) in [6.45, 7) is 5.14. The molecular formula is C10H17N3O. The lowest BCUT2D eigenvalue weighted by Crippen LogP contribution is -2.38. The molecule has 1 aromatic rings. The summed E-state index contributed by atoms with van der Waals surface area (Å²) >= 11 is 0. The second-order valence-electron chi connectivity index (χ2n) is 3.29. The summed E-state index contributed by atoms with van der Waals surface area (Å²) in [4.78, 5) is 11.7.